The summed E-state index contributed by atoms with van der Waals surface area (Å²) in [7, 11) is 1.55. The molecule has 2 aromatic carbocycles. The van der Waals surface area contributed by atoms with Crippen LogP contribution in [0.3, 0.4) is 0 Å². The first-order valence-electron chi connectivity index (χ1n) is 9.09. The van der Waals surface area contributed by atoms with Crippen LogP contribution in [0.2, 0.25) is 5.02 Å². The molecule has 0 amide bonds. The van der Waals surface area contributed by atoms with Gasteiger partial charge in [-0.1, -0.05) is 23.8 Å². The van der Waals surface area contributed by atoms with Crippen LogP contribution in [0.1, 0.15) is 5.56 Å². The number of hydrogen-bond donors (Lipinski definition) is 2. The third-order valence-electron chi connectivity index (χ3n) is 4.42. The molecule has 31 heavy (non-hydrogen) atoms. The van der Waals surface area contributed by atoms with Gasteiger partial charge in [0.2, 0.25) is 0 Å². The van der Waals surface area contributed by atoms with E-state index in [4.69, 9.17) is 23.8 Å². The number of alkyl halides is 3. The van der Waals surface area contributed by atoms with Crippen LogP contribution in [0.25, 0.3) is 16.6 Å². The lowest BCUT2D eigenvalue weighted by atomic mass is 10.2. The molecule has 0 spiro atoms. The molecular formula is C22H18ClF3N4S. The molecule has 0 radical (unpaired) electrons. The van der Waals surface area contributed by atoms with Crippen molar-refractivity contribution in [1.29, 1.82) is 0 Å². The quantitative estimate of drug-likeness (QED) is 0.327. The molecule has 9 heteroatoms. The predicted octanol–water partition coefficient (Wildman–Crippen LogP) is 6.80. The highest BCUT2D eigenvalue weighted by Gasteiger charge is 2.33. The number of fused-ring (bicyclic) bond motifs is 1. The van der Waals surface area contributed by atoms with E-state index in [0.717, 1.165) is 28.3 Å². The molecule has 0 bridgehead atoms. The molecule has 0 saturated heterocycles. The zero-order valence-corrected chi connectivity index (χ0v) is 17.9. The normalized spacial score (nSPS) is 10.9. The highest BCUT2D eigenvalue weighted by molar-refractivity contribution is 7.79. The Kier molecular flexibility index (Phi) is 7.14. The number of halogens is 4. The van der Waals surface area contributed by atoms with E-state index in [1.54, 1.807) is 13.2 Å². The molecule has 2 N–H and O–H groups in total. The predicted molar refractivity (Wildman–Crippen MR) is 124 cm³/mol. The van der Waals surface area contributed by atoms with Crippen LogP contribution >= 0.6 is 23.8 Å². The minimum Gasteiger partial charge on any atom is -0.388 e. The van der Waals surface area contributed by atoms with Gasteiger partial charge in [-0.25, -0.2) is 0 Å². The minimum absolute atomic E-state index is 0.286. The largest absolute Gasteiger partial charge is 0.417 e. The average Bonchev–Trinajstić information content (AvgIpc) is 3.19. The Hall–Kier alpha value is -3.10. The third kappa shape index (κ3) is 5.53. The van der Waals surface area contributed by atoms with E-state index in [0.29, 0.717) is 5.69 Å². The Morgan fingerprint density at radius 3 is 2.39 bits per heavy atom. The smallest absolute Gasteiger partial charge is 0.388 e. The molecule has 0 aliphatic carbocycles. The van der Waals surface area contributed by atoms with Crippen LogP contribution < -0.4 is 10.6 Å². The molecular weight excluding hydrogens is 445 g/mol. The number of anilines is 2. The SMILES string of the molecule is CNc1ccc(Cl)c(C(F)(F)F)c1.S=CNc1ccc(-n2ccc3cnccc32)cc1. The van der Waals surface area contributed by atoms with E-state index in [1.807, 2.05) is 30.6 Å². The van der Waals surface area contributed by atoms with Gasteiger partial charge in [-0.3, -0.25) is 4.98 Å². The molecule has 0 fully saturated rings. The van der Waals surface area contributed by atoms with Crippen molar-refractivity contribution in [1.82, 2.24) is 9.55 Å². The van der Waals surface area contributed by atoms with E-state index in [2.05, 4.69) is 38.4 Å². The van der Waals surface area contributed by atoms with E-state index in [9.17, 15) is 13.2 Å². The van der Waals surface area contributed by atoms with Gasteiger partial charge in [0.1, 0.15) is 0 Å². The minimum atomic E-state index is -4.40. The van der Waals surface area contributed by atoms with Crippen LogP contribution in [0.4, 0.5) is 24.5 Å². The maximum atomic E-state index is 12.3. The zero-order chi connectivity index (χ0) is 22.4. The fourth-order valence-electron chi connectivity index (χ4n) is 2.89. The summed E-state index contributed by atoms with van der Waals surface area (Å²) < 4.78 is 38.9. The number of nitrogens with one attached hydrogen (secondary N) is 2. The maximum absolute atomic E-state index is 12.3. The van der Waals surface area contributed by atoms with Gasteiger partial charge in [0, 0.05) is 48.1 Å². The summed E-state index contributed by atoms with van der Waals surface area (Å²) >= 11 is 10.2. The van der Waals surface area contributed by atoms with Crippen LogP contribution in [0, 0.1) is 0 Å². The lowest BCUT2D eigenvalue weighted by Crippen LogP contribution is -2.06. The molecule has 0 aliphatic rings. The fourth-order valence-corrected chi connectivity index (χ4v) is 3.25. The van der Waals surface area contributed by atoms with Crippen LogP contribution in [0.15, 0.2) is 73.2 Å². The molecule has 2 heterocycles. The van der Waals surface area contributed by atoms with Crippen LogP contribution in [0.5, 0.6) is 0 Å². The van der Waals surface area contributed by atoms with Gasteiger partial charge in [0.25, 0.3) is 0 Å². The van der Waals surface area contributed by atoms with E-state index in [-0.39, 0.29) is 5.02 Å². The van der Waals surface area contributed by atoms with Crippen molar-refractivity contribution >= 4 is 51.6 Å². The summed E-state index contributed by atoms with van der Waals surface area (Å²) in [5.41, 5.74) is 4.34. The van der Waals surface area contributed by atoms with Crippen molar-refractivity contribution in [3.8, 4) is 5.69 Å². The summed E-state index contributed by atoms with van der Waals surface area (Å²) in [6.07, 6.45) is 1.33. The number of nitrogens with zero attached hydrogens (tertiary/aromatic N) is 2. The number of hydrogen-bond acceptors (Lipinski definition) is 3. The first kappa shape index (κ1) is 22.6. The van der Waals surface area contributed by atoms with Crippen LogP contribution in [-0.4, -0.2) is 22.1 Å². The zero-order valence-electron chi connectivity index (χ0n) is 16.3. The second kappa shape index (κ2) is 9.80. The first-order chi connectivity index (χ1) is 14.8. The third-order valence-corrected chi connectivity index (χ3v) is 4.87. The van der Waals surface area contributed by atoms with E-state index >= 15 is 0 Å². The highest BCUT2D eigenvalue weighted by Crippen LogP contribution is 2.36. The van der Waals surface area contributed by atoms with Crippen molar-refractivity contribution in [2.24, 2.45) is 0 Å². The molecule has 0 saturated carbocycles. The van der Waals surface area contributed by atoms with Crippen molar-refractivity contribution in [3.05, 3.63) is 83.8 Å². The summed E-state index contributed by atoms with van der Waals surface area (Å²) in [4.78, 5) is 4.12. The number of benzene rings is 2. The summed E-state index contributed by atoms with van der Waals surface area (Å²) in [5, 5.41) is 6.45. The average molecular weight is 463 g/mol. The lowest BCUT2D eigenvalue weighted by molar-refractivity contribution is -0.137. The number of pyridine rings is 1. The molecule has 4 nitrogen and oxygen atoms in total. The van der Waals surface area contributed by atoms with Gasteiger partial charge in [0.15, 0.2) is 0 Å². The second-order valence-electron chi connectivity index (χ2n) is 6.37. The number of thiocarbonyl (C=S) groups is 1. The van der Waals surface area contributed by atoms with Crippen molar-refractivity contribution in [2.45, 2.75) is 6.18 Å². The van der Waals surface area contributed by atoms with Gasteiger partial charge < -0.3 is 15.2 Å². The molecule has 4 aromatic rings. The highest BCUT2D eigenvalue weighted by atomic mass is 35.5. The van der Waals surface area contributed by atoms with Gasteiger partial charge in [-0.2, -0.15) is 13.2 Å². The molecule has 160 valence electrons. The molecule has 0 unspecified atom stereocenters. The van der Waals surface area contributed by atoms with Gasteiger partial charge in [-0.15, -0.1) is 0 Å². The van der Waals surface area contributed by atoms with Crippen LogP contribution in [-0.2, 0) is 6.18 Å². The Balaban J connectivity index is 0.000000187. The topological polar surface area (TPSA) is 41.9 Å². The van der Waals surface area contributed by atoms with Crippen molar-refractivity contribution in [3.63, 3.8) is 0 Å². The molecule has 0 atom stereocenters. The Bertz CT molecular complexity index is 1170. The fraction of sp³-hybridized carbons (Fsp3) is 0.0909. The Morgan fingerprint density at radius 2 is 1.74 bits per heavy atom. The van der Waals surface area contributed by atoms with E-state index in [1.165, 1.54) is 17.6 Å². The van der Waals surface area contributed by atoms with Crippen molar-refractivity contribution < 1.29 is 13.2 Å². The summed E-state index contributed by atoms with van der Waals surface area (Å²) in [5.74, 6) is 0. The first-order valence-corrected chi connectivity index (χ1v) is 9.94. The van der Waals surface area contributed by atoms with Gasteiger partial charge >= 0.3 is 6.18 Å². The Morgan fingerprint density at radius 1 is 1.03 bits per heavy atom. The Labute approximate surface area is 187 Å². The number of rotatable bonds is 4. The maximum Gasteiger partial charge on any atom is 0.417 e. The summed E-state index contributed by atoms with van der Waals surface area (Å²) in [6, 6.07) is 15.9. The van der Waals surface area contributed by atoms with E-state index < -0.39 is 11.7 Å². The van der Waals surface area contributed by atoms with Gasteiger partial charge in [-0.05, 0) is 54.6 Å². The standard InChI is InChI=1S/C14H11N3S.C8H7ClF3N/c18-10-16-12-1-3-13(4-2-12)17-8-6-11-9-15-7-5-14(11)17;1-13-5-2-3-7(9)6(4-5)8(10,11)12/h1-10H,(H,16,18);2-4,13H,1H3. The van der Waals surface area contributed by atoms with Crippen molar-refractivity contribution in [2.75, 3.05) is 17.7 Å². The summed E-state index contributed by atoms with van der Waals surface area (Å²) in [6.45, 7) is 0. The second-order valence-corrected chi connectivity index (χ2v) is 7.01. The van der Waals surface area contributed by atoms with Gasteiger partial charge in [0.05, 0.1) is 21.6 Å². The monoisotopic (exact) mass is 462 g/mol. The molecule has 0 aliphatic heterocycles. The molecule has 2 aromatic heterocycles. The number of aromatic nitrogens is 2. The molecule has 4 rings (SSSR count). The lowest BCUT2D eigenvalue weighted by Gasteiger charge is -2.10.